The van der Waals surface area contributed by atoms with Crippen LogP contribution in [0, 0.1) is 37.5 Å². The van der Waals surface area contributed by atoms with E-state index in [1.54, 1.807) is 17.3 Å². The monoisotopic (exact) mass is 542 g/mol. The first-order chi connectivity index (χ1) is 19.2. The molecular formula is C32H38N4O4. The van der Waals surface area contributed by atoms with Gasteiger partial charge < -0.3 is 20.3 Å². The van der Waals surface area contributed by atoms with Gasteiger partial charge in [-0.15, -0.1) is 0 Å². The van der Waals surface area contributed by atoms with Crippen molar-refractivity contribution in [2.75, 3.05) is 5.32 Å². The molecule has 3 aliphatic heterocycles. The molecule has 1 saturated carbocycles. The van der Waals surface area contributed by atoms with Crippen molar-refractivity contribution in [2.24, 2.45) is 23.7 Å². The average molecular weight is 543 g/mol. The first-order valence-corrected chi connectivity index (χ1v) is 14.4. The lowest BCUT2D eigenvalue weighted by Crippen LogP contribution is -2.57. The van der Waals surface area contributed by atoms with Gasteiger partial charge in [-0.2, -0.15) is 0 Å². The van der Waals surface area contributed by atoms with Gasteiger partial charge in [0.15, 0.2) is 0 Å². The largest absolute Gasteiger partial charge is 0.359 e. The topological polar surface area (TPSA) is 101 Å². The third-order valence-corrected chi connectivity index (χ3v) is 9.81. The van der Waals surface area contributed by atoms with Crippen molar-refractivity contribution in [2.45, 2.75) is 77.3 Å². The third kappa shape index (κ3) is 4.33. The summed E-state index contributed by atoms with van der Waals surface area (Å²) in [6.45, 7) is 8.65. The molecule has 8 nitrogen and oxygen atoms in total. The van der Waals surface area contributed by atoms with E-state index in [4.69, 9.17) is 4.74 Å². The van der Waals surface area contributed by atoms with Crippen LogP contribution in [0.2, 0.25) is 0 Å². The maximum Gasteiger partial charge on any atom is 0.246 e. The maximum atomic E-state index is 14.2. The van der Waals surface area contributed by atoms with Crippen LogP contribution in [0.25, 0.3) is 0 Å². The summed E-state index contributed by atoms with van der Waals surface area (Å²) in [5.74, 6) is -1.39. The second kappa shape index (κ2) is 10.1. The first kappa shape index (κ1) is 26.7. The lowest BCUT2D eigenvalue weighted by Gasteiger charge is -2.38. The summed E-state index contributed by atoms with van der Waals surface area (Å²) < 4.78 is 6.50. The molecule has 40 heavy (non-hydrogen) atoms. The smallest absolute Gasteiger partial charge is 0.246 e. The van der Waals surface area contributed by atoms with Crippen LogP contribution < -0.4 is 10.6 Å². The van der Waals surface area contributed by atoms with Gasteiger partial charge >= 0.3 is 0 Å². The normalized spacial score (nSPS) is 34.1. The minimum atomic E-state index is -1.19. The Balaban J connectivity index is 1.32. The summed E-state index contributed by atoms with van der Waals surface area (Å²) in [6, 6.07) is 8.63. The second-order valence-corrected chi connectivity index (χ2v) is 12.2. The molecule has 4 heterocycles. The Bertz CT molecular complexity index is 1360. The van der Waals surface area contributed by atoms with Crippen molar-refractivity contribution in [3.05, 3.63) is 71.6 Å². The Hall–Kier alpha value is -3.52. The number of hydrogen-bond acceptors (Lipinski definition) is 5. The van der Waals surface area contributed by atoms with E-state index in [0.717, 1.165) is 36.0 Å². The fourth-order valence-corrected chi connectivity index (χ4v) is 7.22. The van der Waals surface area contributed by atoms with Crippen LogP contribution in [0.1, 0.15) is 49.8 Å². The SMILES string of the molecule is Cc1ccc(NC(=O)C2[C@H]3C=CC4(O3)C(C(=O)NC3CCCC(C)C3C)N(Cc3cccnc3)C(=O)[C@@H]24)cc1C. The minimum Gasteiger partial charge on any atom is -0.359 e. The van der Waals surface area contributed by atoms with E-state index >= 15 is 0 Å². The van der Waals surface area contributed by atoms with Crippen molar-refractivity contribution in [3.8, 4) is 0 Å². The second-order valence-electron chi connectivity index (χ2n) is 12.2. The molecule has 1 spiro atoms. The zero-order valence-corrected chi connectivity index (χ0v) is 23.6. The molecule has 8 heteroatoms. The Kier molecular flexibility index (Phi) is 6.77. The molecule has 2 N–H and O–H groups in total. The van der Waals surface area contributed by atoms with Gasteiger partial charge in [-0.25, -0.2) is 0 Å². The number of amides is 3. The molecule has 6 rings (SSSR count). The number of nitrogens with zero attached hydrogens (tertiary/aromatic N) is 2. The Morgan fingerprint density at radius 1 is 1.12 bits per heavy atom. The van der Waals surface area contributed by atoms with E-state index in [2.05, 4.69) is 29.5 Å². The molecule has 1 aliphatic carbocycles. The van der Waals surface area contributed by atoms with Crippen molar-refractivity contribution >= 4 is 23.4 Å². The quantitative estimate of drug-likeness (QED) is 0.539. The number of benzene rings is 1. The number of nitrogens with one attached hydrogen (secondary N) is 2. The molecule has 1 aromatic carbocycles. The van der Waals surface area contributed by atoms with Crippen molar-refractivity contribution in [3.63, 3.8) is 0 Å². The van der Waals surface area contributed by atoms with Crippen molar-refractivity contribution in [1.29, 1.82) is 0 Å². The fraction of sp³-hybridized carbons (Fsp3) is 0.500. The molecular weight excluding hydrogens is 504 g/mol. The highest BCUT2D eigenvalue weighted by Crippen LogP contribution is 2.55. The van der Waals surface area contributed by atoms with Gasteiger partial charge in [0.2, 0.25) is 17.7 Å². The molecule has 4 aliphatic rings. The lowest BCUT2D eigenvalue weighted by atomic mass is 9.73. The van der Waals surface area contributed by atoms with Crippen LogP contribution in [-0.4, -0.2) is 51.4 Å². The molecule has 2 aromatic rings. The molecule has 1 aromatic heterocycles. The standard InChI is InChI=1S/C32H38N4O4/c1-18-10-11-23(15-20(18)3)34-29(37)26-25-12-13-32(40-25)27(26)31(39)36(17-22-8-6-14-33-16-22)28(32)30(38)35-24-9-5-7-19(2)21(24)4/h6,8,10-16,19,21,24-28H,5,7,9,17H2,1-4H3,(H,34,37)(H,35,38)/t19?,21?,24?,25-,26?,27-,28?,32?/m1/s1. The van der Waals surface area contributed by atoms with Gasteiger partial charge in [0.25, 0.3) is 0 Å². The Labute approximate surface area is 235 Å². The predicted molar refractivity (Wildman–Crippen MR) is 151 cm³/mol. The van der Waals surface area contributed by atoms with Crippen LogP contribution in [-0.2, 0) is 25.7 Å². The van der Waals surface area contributed by atoms with E-state index in [1.807, 2.05) is 56.3 Å². The zero-order chi connectivity index (χ0) is 28.2. The number of aromatic nitrogens is 1. The van der Waals surface area contributed by atoms with E-state index in [-0.39, 0.29) is 30.3 Å². The summed E-state index contributed by atoms with van der Waals surface area (Å²) >= 11 is 0. The summed E-state index contributed by atoms with van der Waals surface area (Å²) in [5, 5.41) is 6.32. The van der Waals surface area contributed by atoms with Crippen LogP contribution in [0.4, 0.5) is 5.69 Å². The number of fused-ring (bicyclic) bond motifs is 1. The van der Waals surface area contributed by atoms with Gasteiger partial charge in [0.05, 0.1) is 17.9 Å². The highest BCUT2D eigenvalue weighted by Gasteiger charge is 2.72. The van der Waals surface area contributed by atoms with Gasteiger partial charge in [-0.05, 0) is 67.0 Å². The zero-order valence-electron chi connectivity index (χ0n) is 23.6. The van der Waals surface area contributed by atoms with Crippen LogP contribution in [0.3, 0.4) is 0 Å². The number of hydrogen-bond donors (Lipinski definition) is 2. The molecule has 6 unspecified atom stereocenters. The van der Waals surface area contributed by atoms with E-state index < -0.39 is 29.6 Å². The number of carbonyl (C=O) groups is 3. The summed E-state index contributed by atoms with van der Waals surface area (Å²) in [4.78, 5) is 47.9. The number of anilines is 1. The van der Waals surface area contributed by atoms with E-state index in [0.29, 0.717) is 17.5 Å². The number of aryl methyl sites for hydroxylation is 2. The Morgan fingerprint density at radius 3 is 2.70 bits per heavy atom. The van der Waals surface area contributed by atoms with Gasteiger partial charge in [0, 0.05) is 30.7 Å². The fourth-order valence-electron chi connectivity index (χ4n) is 7.22. The van der Waals surface area contributed by atoms with Gasteiger partial charge in [0.1, 0.15) is 11.6 Å². The molecule has 210 valence electrons. The van der Waals surface area contributed by atoms with Crippen molar-refractivity contribution in [1.82, 2.24) is 15.2 Å². The maximum absolute atomic E-state index is 14.2. The summed E-state index contributed by atoms with van der Waals surface area (Å²) in [6.07, 6.45) is 9.66. The van der Waals surface area contributed by atoms with Gasteiger partial charge in [-0.3, -0.25) is 19.4 Å². The lowest BCUT2D eigenvalue weighted by molar-refractivity contribution is -0.142. The highest BCUT2D eigenvalue weighted by atomic mass is 16.5. The summed E-state index contributed by atoms with van der Waals surface area (Å²) in [5.41, 5.74) is 2.51. The third-order valence-electron chi connectivity index (χ3n) is 9.81. The number of carbonyl (C=O) groups excluding carboxylic acids is 3. The number of pyridine rings is 1. The number of ether oxygens (including phenoxy) is 1. The van der Waals surface area contributed by atoms with E-state index in [9.17, 15) is 14.4 Å². The predicted octanol–water partition coefficient (Wildman–Crippen LogP) is 3.93. The molecule has 2 saturated heterocycles. The number of likely N-dealkylation sites (tertiary alicyclic amines) is 1. The van der Waals surface area contributed by atoms with Crippen LogP contribution in [0.5, 0.6) is 0 Å². The molecule has 3 amide bonds. The molecule has 8 atom stereocenters. The number of rotatable bonds is 6. The summed E-state index contributed by atoms with van der Waals surface area (Å²) in [7, 11) is 0. The minimum absolute atomic E-state index is 0.0356. The first-order valence-electron chi connectivity index (χ1n) is 14.4. The molecule has 3 fully saturated rings. The average Bonchev–Trinajstić information content (AvgIpc) is 3.57. The highest BCUT2D eigenvalue weighted by molar-refractivity contribution is 6.02. The molecule has 0 radical (unpaired) electrons. The van der Waals surface area contributed by atoms with Crippen LogP contribution in [0.15, 0.2) is 54.9 Å². The Morgan fingerprint density at radius 2 is 1.95 bits per heavy atom. The van der Waals surface area contributed by atoms with Crippen molar-refractivity contribution < 1.29 is 19.1 Å². The van der Waals surface area contributed by atoms with Crippen LogP contribution >= 0.6 is 0 Å². The van der Waals surface area contributed by atoms with E-state index in [1.165, 1.54) is 0 Å². The van der Waals surface area contributed by atoms with Gasteiger partial charge in [-0.1, -0.05) is 51.0 Å². The molecule has 2 bridgehead atoms.